The summed E-state index contributed by atoms with van der Waals surface area (Å²) in [6, 6.07) is 1.95. The number of carbonyl (C=O) groups excluding carboxylic acids is 1. The number of amides is 1. The first-order valence-corrected chi connectivity index (χ1v) is 4.86. The molecule has 1 heterocycles. The highest BCUT2D eigenvalue weighted by Gasteiger charge is 2.00. The van der Waals surface area contributed by atoms with E-state index in [0.717, 1.165) is 18.5 Å². The van der Waals surface area contributed by atoms with Gasteiger partial charge in [0.15, 0.2) is 0 Å². The van der Waals surface area contributed by atoms with Crippen LogP contribution in [-0.2, 0) is 11.3 Å². The molecular weight excluding hydrogens is 178 g/mol. The number of aromatic nitrogens is 1. The van der Waals surface area contributed by atoms with E-state index in [1.807, 2.05) is 25.5 Å². The van der Waals surface area contributed by atoms with E-state index in [9.17, 15) is 4.79 Å². The highest BCUT2D eigenvalue weighted by atomic mass is 16.1. The molecule has 0 saturated carbocycles. The third-order valence-electron chi connectivity index (χ3n) is 1.98. The first kappa shape index (κ1) is 10.8. The van der Waals surface area contributed by atoms with Crippen molar-refractivity contribution in [2.75, 3.05) is 13.6 Å². The van der Waals surface area contributed by atoms with Crippen molar-refractivity contribution < 1.29 is 4.79 Å². The Balaban J connectivity index is 2.09. The normalized spacial score (nSPS) is 10.1. The second kappa shape index (κ2) is 6.21. The summed E-state index contributed by atoms with van der Waals surface area (Å²) in [4.78, 5) is 14.2. The maximum Gasteiger partial charge on any atom is 0.220 e. The molecule has 0 unspecified atom stereocenters. The van der Waals surface area contributed by atoms with Crippen molar-refractivity contribution in [1.29, 1.82) is 0 Å². The van der Waals surface area contributed by atoms with Gasteiger partial charge in [-0.05, 0) is 31.6 Å². The molecular formula is C10H17N3O. The van der Waals surface area contributed by atoms with Gasteiger partial charge in [-0.15, -0.1) is 0 Å². The van der Waals surface area contributed by atoms with Crippen molar-refractivity contribution in [2.24, 2.45) is 0 Å². The molecule has 0 aromatic carbocycles. The lowest BCUT2D eigenvalue weighted by Crippen LogP contribution is -2.23. The quantitative estimate of drug-likeness (QED) is 0.583. The molecule has 3 N–H and O–H groups in total. The van der Waals surface area contributed by atoms with E-state index in [1.165, 1.54) is 0 Å². The molecule has 0 aliphatic heterocycles. The number of carbonyl (C=O) groups is 1. The van der Waals surface area contributed by atoms with Crippen LogP contribution in [0.25, 0.3) is 0 Å². The molecule has 0 aliphatic rings. The fourth-order valence-electron chi connectivity index (χ4n) is 1.18. The molecule has 14 heavy (non-hydrogen) atoms. The van der Waals surface area contributed by atoms with E-state index in [0.29, 0.717) is 13.0 Å². The van der Waals surface area contributed by atoms with Gasteiger partial charge in [-0.3, -0.25) is 4.79 Å². The SMILES string of the molecule is CNCCCC(=O)NCc1cc[nH]c1. The van der Waals surface area contributed by atoms with E-state index < -0.39 is 0 Å². The number of nitrogens with one attached hydrogen (secondary N) is 3. The number of rotatable bonds is 6. The smallest absolute Gasteiger partial charge is 0.220 e. The summed E-state index contributed by atoms with van der Waals surface area (Å²) in [5.41, 5.74) is 1.10. The molecule has 1 aromatic heterocycles. The second-order valence-corrected chi connectivity index (χ2v) is 3.20. The van der Waals surface area contributed by atoms with Gasteiger partial charge in [-0.25, -0.2) is 0 Å². The molecule has 0 bridgehead atoms. The van der Waals surface area contributed by atoms with Crippen molar-refractivity contribution in [3.05, 3.63) is 24.0 Å². The van der Waals surface area contributed by atoms with E-state index in [1.54, 1.807) is 0 Å². The van der Waals surface area contributed by atoms with Crippen molar-refractivity contribution in [2.45, 2.75) is 19.4 Å². The van der Waals surface area contributed by atoms with Gasteiger partial charge in [0.05, 0.1) is 0 Å². The molecule has 1 aromatic rings. The molecule has 0 atom stereocenters. The number of aromatic amines is 1. The monoisotopic (exact) mass is 195 g/mol. The Labute approximate surface area is 84.1 Å². The average molecular weight is 195 g/mol. The third kappa shape index (κ3) is 4.09. The van der Waals surface area contributed by atoms with E-state index in [-0.39, 0.29) is 5.91 Å². The number of hydrogen-bond donors (Lipinski definition) is 3. The van der Waals surface area contributed by atoms with Crippen LogP contribution in [0.3, 0.4) is 0 Å². The molecule has 1 amide bonds. The maximum absolute atomic E-state index is 11.3. The minimum Gasteiger partial charge on any atom is -0.367 e. The van der Waals surface area contributed by atoms with Crippen LogP contribution in [0.15, 0.2) is 18.5 Å². The van der Waals surface area contributed by atoms with Crippen molar-refractivity contribution >= 4 is 5.91 Å². The van der Waals surface area contributed by atoms with Crippen molar-refractivity contribution in [1.82, 2.24) is 15.6 Å². The Morgan fingerprint density at radius 3 is 3.07 bits per heavy atom. The predicted molar refractivity (Wildman–Crippen MR) is 55.8 cm³/mol. The molecule has 4 nitrogen and oxygen atoms in total. The fraction of sp³-hybridized carbons (Fsp3) is 0.500. The van der Waals surface area contributed by atoms with Gasteiger partial charge in [-0.1, -0.05) is 0 Å². The van der Waals surface area contributed by atoms with Crippen LogP contribution in [0, 0.1) is 0 Å². The summed E-state index contributed by atoms with van der Waals surface area (Å²) in [5.74, 6) is 0.112. The van der Waals surface area contributed by atoms with Crippen LogP contribution in [0.4, 0.5) is 0 Å². The first-order chi connectivity index (χ1) is 6.83. The van der Waals surface area contributed by atoms with Gasteiger partial charge in [0.1, 0.15) is 0 Å². The summed E-state index contributed by atoms with van der Waals surface area (Å²) >= 11 is 0. The zero-order valence-electron chi connectivity index (χ0n) is 8.47. The van der Waals surface area contributed by atoms with Crippen LogP contribution in [-0.4, -0.2) is 24.5 Å². The second-order valence-electron chi connectivity index (χ2n) is 3.20. The Morgan fingerprint density at radius 1 is 1.57 bits per heavy atom. The Morgan fingerprint density at radius 2 is 2.43 bits per heavy atom. The lowest BCUT2D eigenvalue weighted by molar-refractivity contribution is -0.121. The minimum absolute atomic E-state index is 0.112. The van der Waals surface area contributed by atoms with Crippen LogP contribution in [0.2, 0.25) is 0 Å². The zero-order valence-corrected chi connectivity index (χ0v) is 8.47. The summed E-state index contributed by atoms with van der Waals surface area (Å²) < 4.78 is 0. The standard InChI is InChI=1S/C10H17N3O/c1-11-5-2-3-10(14)13-8-9-4-6-12-7-9/h4,6-7,11-12H,2-3,5,8H2,1H3,(H,13,14). The number of H-pyrrole nitrogens is 1. The predicted octanol–water partition coefficient (Wildman–Crippen LogP) is 0.630. The lowest BCUT2D eigenvalue weighted by Gasteiger charge is -2.03. The Bertz CT molecular complexity index is 256. The zero-order chi connectivity index (χ0) is 10.2. The Hall–Kier alpha value is -1.29. The maximum atomic E-state index is 11.3. The summed E-state index contributed by atoms with van der Waals surface area (Å²) in [7, 11) is 1.89. The van der Waals surface area contributed by atoms with Gasteiger partial charge in [-0.2, -0.15) is 0 Å². The largest absolute Gasteiger partial charge is 0.367 e. The Kier molecular flexibility index (Phi) is 4.78. The van der Waals surface area contributed by atoms with Gasteiger partial charge < -0.3 is 15.6 Å². The molecule has 0 fully saturated rings. The summed E-state index contributed by atoms with van der Waals surface area (Å²) in [6.07, 6.45) is 5.21. The first-order valence-electron chi connectivity index (χ1n) is 4.86. The number of hydrogen-bond acceptors (Lipinski definition) is 2. The van der Waals surface area contributed by atoms with Crippen molar-refractivity contribution in [3.8, 4) is 0 Å². The highest BCUT2D eigenvalue weighted by Crippen LogP contribution is 1.95. The minimum atomic E-state index is 0.112. The van der Waals surface area contributed by atoms with Gasteiger partial charge in [0.25, 0.3) is 0 Å². The molecule has 0 saturated heterocycles. The van der Waals surface area contributed by atoms with Gasteiger partial charge in [0.2, 0.25) is 5.91 Å². The van der Waals surface area contributed by atoms with E-state index in [4.69, 9.17) is 0 Å². The molecule has 1 rings (SSSR count). The molecule has 0 aliphatic carbocycles. The summed E-state index contributed by atoms with van der Waals surface area (Å²) in [5, 5.41) is 5.86. The average Bonchev–Trinajstić information content (AvgIpc) is 2.68. The van der Waals surface area contributed by atoms with Gasteiger partial charge in [0, 0.05) is 25.4 Å². The van der Waals surface area contributed by atoms with Crippen LogP contribution < -0.4 is 10.6 Å². The molecule has 0 radical (unpaired) electrons. The highest BCUT2D eigenvalue weighted by molar-refractivity contribution is 5.75. The fourth-order valence-corrected chi connectivity index (χ4v) is 1.18. The topological polar surface area (TPSA) is 56.9 Å². The molecule has 4 heteroatoms. The molecule has 78 valence electrons. The van der Waals surface area contributed by atoms with Crippen LogP contribution in [0.1, 0.15) is 18.4 Å². The van der Waals surface area contributed by atoms with Crippen LogP contribution in [0.5, 0.6) is 0 Å². The van der Waals surface area contributed by atoms with Crippen LogP contribution >= 0.6 is 0 Å². The lowest BCUT2D eigenvalue weighted by atomic mass is 10.3. The third-order valence-corrected chi connectivity index (χ3v) is 1.98. The van der Waals surface area contributed by atoms with Crippen molar-refractivity contribution in [3.63, 3.8) is 0 Å². The summed E-state index contributed by atoms with van der Waals surface area (Å²) in [6.45, 7) is 1.50. The molecule has 0 spiro atoms. The van der Waals surface area contributed by atoms with E-state index in [2.05, 4.69) is 15.6 Å². The van der Waals surface area contributed by atoms with Gasteiger partial charge >= 0.3 is 0 Å². The van der Waals surface area contributed by atoms with E-state index >= 15 is 0 Å².